The number of nitrogens with one attached hydrogen (secondary N) is 2. The molecule has 0 radical (unpaired) electrons. The molecule has 23 heavy (non-hydrogen) atoms. The zero-order valence-corrected chi connectivity index (χ0v) is 12.3. The fourth-order valence-electron chi connectivity index (χ4n) is 2.50. The van der Waals surface area contributed by atoms with E-state index in [1.54, 1.807) is 18.3 Å². The van der Waals surface area contributed by atoms with Crippen LogP contribution in [0.25, 0.3) is 0 Å². The number of aromatic carboxylic acids is 1. The number of aromatic nitrogens is 2. The molecule has 2 aromatic rings. The van der Waals surface area contributed by atoms with Crippen molar-refractivity contribution < 1.29 is 14.7 Å². The number of carboxylic acids is 1. The minimum atomic E-state index is -1.05. The van der Waals surface area contributed by atoms with Crippen LogP contribution in [0.1, 0.15) is 45.4 Å². The van der Waals surface area contributed by atoms with Crippen molar-refractivity contribution in [2.24, 2.45) is 0 Å². The van der Waals surface area contributed by atoms with Gasteiger partial charge in [-0.05, 0) is 37.6 Å². The molecule has 0 spiro atoms. The molecule has 118 valence electrons. The van der Waals surface area contributed by atoms with Crippen LogP contribution in [0.2, 0.25) is 0 Å². The highest BCUT2D eigenvalue weighted by molar-refractivity contribution is 6.03. The smallest absolute Gasteiger partial charge is 0.335 e. The standard InChI is InChI=1S/C16H16N4O3/c21-15(20-11-4-1-3-10(7-11)16(22)23)14-9-18-13(8-19-14)12-5-2-6-17-12/h1,3-4,7-9,12,17H,2,5-6H2,(H,20,21)(H,22,23). The molecule has 1 aromatic heterocycles. The lowest BCUT2D eigenvalue weighted by Gasteiger charge is -2.09. The van der Waals surface area contributed by atoms with Crippen molar-refractivity contribution in [1.29, 1.82) is 0 Å². The van der Waals surface area contributed by atoms with Crippen molar-refractivity contribution in [1.82, 2.24) is 15.3 Å². The molecule has 7 heteroatoms. The number of amides is 1. The molecule has 3 N–H and O–H groups in total. The second kappa shape index (κ2) is 6.53. The van der Waals surface area contributed by atoms with Gasteiger partial charge >= 0.3 is 5.97 Å². The first-order chi connectivity index (χ1) is 11.1. The van der Waals surface area contributed by atoms with E-state index in [4.69, 9.17) is 5.11 Å². The van der Waals surface area contributed by atoms with Crippen molar-refractivity contribution >= 4 is 17.6 Å². The maximum absolute atomic E-state index is 12.2. The Morgan fingerprint density at radius 1 is 1.26 bits per heavy atom. The summed E-state index contributed by atoms with van der Waals surface area (Å²) in [6.45, 7) is 0.967. The molecule has 0 bridgehead atoms. The minimum absolute atomic E-state index is 0.108. The van der Waals surface area contributed by atoms with Crippen LogP contribution in [0.3, 0.4) is 0 Å². The fraction of sp³-hybridized carbons (Fsp3) is 0.250. The Balaban J connectivity index is 1.70. The van der Waals surface area contributed by atoms with Crippen LogP contribution in [0, 0.1) is 0 Å². The Kier molecular flexibility index (Phi) is 4.29. The van der Waals surface area contributed by atoms with E-state index in [-0.39, 0.29) is 17.3 Å². The fourth-order valence-corrected chi connectivity index (χ4v) is 2.50. The van der Waals surface area contributed by atoms with Crippen LogP contribution in [0.15, 0.2) is 36.7 Å². The second-order valence-electron chi connectivity index (χ2n) is 5.32. The Morgan fingerprint density at radius 2 is 2.13 bits per heavy atom. The first kappa shape index (κ1) is 15.1. The highest BCUT2D eigenvalue weighted by Gasteiger charge is 2.18. The van der Waals surface area contributed by atoms with Gasteiger partial charge in [-0.3, -0.25) is 9.78 Å². The lowest BCUT2D eigenvalue weighted by atomic mass is 10.2. The Morgan fingerprint density at radius 3 is 2.78 bits per heavy atom. The lowest BCUT2D eigenvalue weighted by molar-refractivity contribution is 0.0696. The number of rotatable bonds is 4. The predicted molar refractivity (Wildman–Crippen MR) is 83.4 cm³/mol. The topological polar surface area (TPSA) is 104 Å². The van der Waals surface area contributed by atoms with Gasteiger partial charge in [-0.1, -0.05) is 6.07 Å². The van der Waals surface area contributed by atoms with E-state index in [1.165, 1.54) is 18.3 Å². The highest BCUT2D eigenvalue weighted by atomic mass is 16.4. The van der Waals surface area contributed by atoms with Crippen molar-refractivity contribution in [3.05, 3.63) is 53.6 Å². The van der Waals surface area contributed by atoms with Crippen LogP contribution >= 0.6 is 0 Å². The molecule has 2 heterocycles. The third-order valence-electron chi connectivity index (χ3n) is 3.69. The number of hydrogen-bond donors (Lipinski definition) is 3. The Hall–Kier alpha value is -2.80. The van der Waals surface area contributed by atoms with Gasteiger partial charge in [0.1, 0.15) is 5.69 Å². The van der Waals surface area contributed by atoms with Gasteiger partial charge in [0.25, 0.3) is 5.91 Å². The largest absolute Gasteiger partial charge is 0.478 e. The zero-order valence-electron chi connectivity index (χ0n) is 12.3. The lowest BCUT2D eigenvalue weighted by Crippen LogP contribution is -2.17. The highest BCUT2D eigenvalue weighted by Crippen LogP contribution is 2.20. The van der Waals surface area contributed by atoms with Crippen LogP contribution in [-0.2, 0) is 0 Å². The molecular weight excluding hydrogens is 296 g/mol. The molecule has 1 unspecified atom stereocenters. The average Bonchev–Trinajstić information content (AvgIpc) is 3.09. The number of nitrogens with zero attached hydrogens (tertiary/aromatic N) is 2. The number of carbonyl (C=O) groups excluding carboxylic acids is 1. The first-order valence-corrected chi connectivity index (χ1v) is 7.33. The summed E-state index contributed by atoms with van der Waals surface area (Å²) in [5.74, 6) is -1.47. The summed E-state index contributed by atoms with van der Waals surface area (Å²) < 4.78 is 0. The van der Waals surface area contributed by atoms with Gasteiger partial charge in [0.05, 0.1) is 29.7 Å². The monoisotopic (exact) mass is 312 g/mol. The van der Waals surface area contributed by atoms with E-state index >= 15 is 0 Å². The molecule has 0 aliphatic carbocycles. The molecular formula is C16H16N4O3. The van der Waals surface area contributed by atoms with Gasteiger partial charge in [-0.15, -0.1) is 0 Å². The summed E-state index contributed by atoms with van der Waals surface area (Å²) in [4.78, 5) is 31.5. The van der Waals surface area contributed by atoms with Crippen LogP contribution in [-0.4, -0.2) is 33.5 Å². The summed E-state index contributed by atoms with van der Waals surface area (Å²) >= 11 is 0. The van der Waals surface area contributed by atoms with Crippen molar-refractivity contribution in [3.8, 4) is 0 Å². The molecule has 7 nitrogen and oxygen atoms in total. The molecule has 1 atom stereocenters. The number of benzene rings is 1. The van der Waals surface area contributed by atoms with Gasteiger partial charge in [0, 0.05) is 5.69 Å². The SMILES string of the molecule is O=C(O)c1cccc(NC(=O)c2cnc(C3CCCN3)cn2)c1. The van der Waals surface area contributed by atoms with Gasteiger partial charge in [0.2, 0.25) is 0 Å². The molecule has 1 aliphatic rings. The summed E-state index contributed by atoms with van der Waals surface area (Å²) in [5.41, 5.74) is 1.52. The summed E-state index contributed by atoms with van der Waals surface area (Å²) in [6, 6.07) is 6.24. The average molecular weight is 312 g/mol. The van der Waals surface area contributed by atoms with Gasteiger partial charge in [-0.25, -0.2) is 9.78 Å². The van der Waals surface area contributed by atoms with Crippen molar-refractivity contribution in [2.45, 2.75) is 18.9 Å². The van der Waals surface area contributed by atoms with E-state index in [0.717, 1.165) is 25.1 Å². The molecule has 1 amide bonds. The van der Waals surface area contributed by atoms with Crippen LogP contribution in [0.5, 0.6) is 0 Å². The normalized spacial score (nSPS) is 17.0. The van der Waals surface area contributed by atoms with E-state index in [9.17, 15) is 9.59 Å². The van der Waals surface area contributed by atoms with Gasteiger partial charge in [0.15, 0.2) is 0 Å². The number of carboxylic acid groups (broad SMARTS) is 1. The molecule has 1 saturated heterocycles. The van der Waals surface area contributed by atoms with E-state index < -0.39 is 11.9 Å². The zero-order chi connectivity index (χ0) is 16.2. The quantitative estimate of drug-likeness (QED) is 0.796. The maximum Gasteiger partial charge on any atom is 0.335 e. The molecule has 1 aliphatic heterocycles. The molecule has 0 saturated carbocycles. The first-order valence-electron chi connectivity index (χ1n) is 7.33. The van der Waals surface area contributed by atoms with Gasteiger partial charge in [-0.2, -0.15) is 0 Å². The van der Waals surface area contributed by atoms with Crippen molar-refractivity contribution in [3.63, 3.8) is 0 Å². The third kappa shape index (κ3) is 3.51. The predicted octanol–water partition coefficient (Wildman–Crippen LogP) is 1.85. The number of anilines is 1. The van der Waals surface area contributed by atoms with Crippen molar-refractivity contribution in [2.75, 3.05) is 11.9 Å². The Bertz CT molecular complexity index is 724. The van der Waals surface area contributed by atoms with Gasteiger partial charge < -0.3 is 15.7 Å². The molecule has 1 fully saturated rings. The summed E-state index contributed by atoms with van der Waals surface area (Å²) in [5, 5.41) is 14.9. The number of carbonyl (C=O) groups is 2. The molecule has 3 rings (SSSR count). The molecule has 1 aromatic carbocycles. The van der Waals surface area contributed by atoms with E-state index in [1.807, 2.05) is 0 Å². The number of hydrogen-bond acceptors (Lipinski definition) is 5. The third-order valence-corrected chi connectivity index (χ3v) is 3.69. The van der Waals surface area contributed by atoms with E-state index in [2.05, 4.69) is 20.6 Å². The minimum Gasteiger partial charge on any atom is -0.478 e. The Labute approximate surface area is 132 Å². The van der Waals surface area contributed by atoms with E-state index in [0.29, 0.717) is 5.69 Å². The second-order valence-corrected chi connectivity index (χ2v) is 5.32. The van der Waals surface area contributed by atoms with Crippen LogP contribution in [0.4, 0.5) is 5.69 Å². The maximum atomic E-state index is 12.2. The summed E-state index contributed by atoms with van der Waals surface area (Å²) in [6.07, 6.45) is 5.16. The summed E-state index contributed by atoms with van der Waals surface area (Å²) in [7, 11) is 0. The van der Waals surface area contributed by atoms with Crippen LogP contribution < -0.4 is 10.6 Å².